The van der Waals surface area contributed by atoms with Gasteiger partial charge in [-0.1, -0.05) is 17.7 Å². The number of piperazine rings is 1. The minimum Gasteiger partial charge on any atom is -0.353 e. The minimum atomic E-state index is -4.47. The average molecular weight is 385 g/mol. The molecule has 1 N–H and O–H groups in total. The van der Waals surface area contributed by atoms with Crippen LogP contribution < -0.4 is 10.2 Å². The minimum absolute atomic E-state index is 0.102. The lowest BCUT2D eigenvalue weighted by atomic mass is 10.2. The molecule has 0 atom stereocenters. The Morgan fingerprint density at radius 3 is 2.50 bits per heavy atom. The SMILES string of the molecule is O=C(Nc1cccc(Cl)c1)N1CCN(c2ncccc2C(F)(F)F)CC1. The molecule has 1 saturated heterocycles. The van der Waals surface area contributed by atoms with Crippen molar-refractivity contribution in [2.75, 3.05) is 36.4 Å². The number of anilines is 2. The molecule has 1 aliphatic heterocycles. The Hall–Kier alpha value is -2.48. The normalized spacial score (nSPS) is 15.1. The molecule has 0 unspecified atom stereocenters. The number of hydrogen-bond donors (Lipinski definition) is 1. The Morgan fingerprint density at radius 1 is 1.12 bits per heavy atom. The zero-order valence-corrected chi connectivity index (χ0v) is 14.4. The summed E-state index contributed by atoms with van der Waals surface area (Å²) in [4.78, 5) is 19.3. The molecule has 9 heteroatoms. The molecule has 1 fully saturated rings. The van der Waals surface area contributed by atoms with Gasteiger partial charge in [-0.2, -0.15) is 13.2 Å². The van der Waals surface area contributed by atoms with Crippen molar-refractivity contribution >= 4 is 29.1 Å². The van der Waals surface area contributed by atoms with E-state index >= 15 is 0 Å². The van der Waals surface area contributed by atoms with Gasteiger partial charge in [0.25, 0.3) is 0 Å². The van der Waals surface area contributed by atoms with E-state index in [4.69, 9.17) is 11.6 Å². The second-order valence-electron chi connectivity index (χ2n) is 5.79. The lowest BCUT2D eigenvalue weighted by Crippen LogP contribution is -2.50. The molecule has 0 aliphatic carbocycles. The molecule has 2 amide bonds. The van der Waals surface area contributed by atoms with Crippen LogP contribution in [-0.4, -0.2) is 42.1 Å². The first-order chi connectivity index (χ1) is 12.3. The summed E-state index contributed by atoms with van der Waals surface area (Å²) < 4.78 is 39.4. The van der Waals surface area contributed by atoms with Gasteiger partial charge >= 0.3 is 12.2 Å². The van der Waals surface area contributed by atoms with Gasteiger partial charge in [0, 0.05) is 43.1 Å². The summed E-state index contributed by atoms with van der Waals surface area (Å²) >= 11 is 5.88. The van der Waals surface area contributed by atoms with Gasteiger partial charge in [0.1, 0.15) is 5.82 Å². The van der Waals surface area contributed by atoms with E-state index < -0.39 is 11.7 Å². The number of aromatic nitrogens is 1. The van der Waals surface area contributed by atoms with Crippen LogP contribution in [-0.2, 0) is 6.18 Å². The molecule has 0 saturated carbocycles. The third kappa shape index (κ3) is 4.19. The number of hydrogen-bond acceptors (Lipinski definition) is 3. The number of pyridine rings is 1. The fourth-order valence-electron chi connectivity index (χ4n) is 2.76. The van der Waals surface area contributed by atoms with Crippen molar-refractivity contribution in [2.24, 2.45) is 0 Å². The van der Waals surface area contributed by atoms with Gasteiger partial charge in [-0.15, -0.1) is 0 Å². The maximum atomic E-state index is 13.1. The number of carbonyl (C=O) groups is 1. The maximum absolute atomic E-state index is 13.1. The predicted octanol–water partition coefficient (Wildman–Crippen LogP) is 4.11. The van der Waals surface area contributed by atoms with Crippen molar-refractivity contribution in [2.45, 2.75) is 6.18 Å². The number of nitrogens with zero attached hydrogens (tertiary/aromatic N) is 3. The highest BCUT2D eigenvalue weighted by atomic mass is 35.5. The average Bonchev–Trinajstić information content (AvgIpc) is 2.61. The molecule has 0 bridgehead atoms. The molecule has 2 heterocycles. The number of amides is 2. The molecule has 5 nitrogen and oxygen atoms in total. The van der Waals surface area contributed by atoms with Crippen molar-refractivity contribution in [3.05, 3.63) is 53.2 Å². The van der Waals surface area contributed by atoms with Crippen molar-refractivity contribution in [1.29, 1.82) is 0 Å². The second-order valence-corrected chi connectivity index (χ2v) is 6.22. The largest absolute Gasteiger partial charge is 0.419 e. The van der Waals surface area contributed by atoms with Crippen LogP contribution in [0.5, 0.6) is 0 Å². The second kappa shape index (κ2) is 7.41. The molecule has 1 aromatic carbocycles. The van der Waals surface area contributed by atoms with Crippen LogP contribution in [0, 0.1) is 0 Å². The number of alkyl halides is 3. The number of carbonyl (C=O) groups excluding carboxylic acids is 1. The smallest absolute Gasteiger partial charge is 0.353 e. The van der Waals surface area contributed by atoms with Crippen LogP contribution in [0.2, 0.25) is 5.02 Å². The number of benzene rings is 1. The molecule has 0 spiro atoms. The summed E-state index contributed by atoms with van der Waals surface area (Å²) in [5, 5.41) is 3.23. The number of nitrogens with one attached hydrogen (secondary N) is 1. The third-order valence-electron chi connectivity index (χ3n) is 4.03. The first-order valence-electron chi connectivity index (χ1n) is 7.93. The molecule has 3 rings (SSSR count). The highest BCUT2D eigenvalue weighted by Crippen LogP contribution is 2.35. The molecule has 2 aromatic rings. The molecule has 26 heavy (non-hydrogen) atoms. The van der Waals surface area contributed by atoms with Crippen LogP contribution in [0.4, 0.5) is 29.5 Å². The van der Waals surface area contributed by atoms with Gasteiger partial charge in [0.15, 0.2) is 0 Å². The summed E-state index contributed by atoms with van der Waals surface area (Å²) in [6.07, 6.45) is -3.13. The molecule has 1 aromatic heterocycles. The van der Waals surface area contributed by atoms with Gasteiger partial charge in [-0.3, -0.25) is 0 Å². The first-order valence-corrected chi connectivity index (χ1v) is 8.31. The van der Waals surface area contributed by atoms with Gasteiger partial charge in [0.05, 0.1) is 5.56 Å². The Kier molecular flexibility index (Phi) is 5.22. The Bertz CT molecular complexity index is 792. The summed E-state index contributed by atoms with van der Waals surface area (Å²) in [6.45, 7) is 1.12. The summed E-state index contributed by atoms with van der Waals surface area (Å²) in [5.74, 6) is -0.102. The van der Waals surface area contributed by atoms with E-state index in [0.717, 1.165) is 6.07 Å². The molecule has 0 radical (unpaired) electrons. The van der Waals surface area contributed by atoms with Crippen LogP contribution >= 0.6 is 11.6 Å². The fourth-order valence-corrected chi connectivity index (χ4v) is 2.95. The van der Waals surface area contributed by atoms with Gasteiger partial charge < -0.3 is 15.1 Å². The molecule has 1 aliphatic rings. The number of urea groups is 1. The van der Waals surface area contributed by atoms with Crippen LogP contribution in [0.15, 0.2) is 42.6 Å². The molecule has 138 valence electrons. The quantitative estimate of drug-likeness (QED) is 0.847. The van der Waals surface area contributed by atoms with E-state index in [1.165, 1.54) is 12.3 Å². The highest BCUT2D eigenvalue weighted by Gasteiger charge is 2.36. The first kappa shape index (κ1) is 18.3. The van der Waals surface area contributed by atoms with Crippen LogP contribution in [0.1, 0.15) is 5.56 Å². The zero-order valence-electron chi connectivity index (χ0n) is 13.6. The van der Waals surface area contributed by atoms with E-state index in [2.05, 4.69) is 10.3 Å². The fraction of sp³-hybridized carbons (Fsp3) is 0.294. The number of halogens is 4. The summed E-state index contributed by atoms with van der Waals surface area (Å²) in [5.41, 5.74) is -0.203. The highest BCUT2D eigenvalue weighted by molar-refractivity contribution is 6.30. The van der Waals surface area contributed by atoms with Gasteiger partial charge in [-0.05, 0) is 30.3 Å². The number of rotatable bonds is 2. The topological polar surface area (TPSA) is 48.5 Å². The van der Waals surface area contributed by atoms with E-state index in [0.29, 0.717) is 23.8 Å². The third-order valence-corrected chi connectivity index (χ3v) is 4.27. The van der Waals surface area contributed by atoms with Gasteiger partial charge in [0.2, 0.25) is 0 Å². The monoisotopic (exact) mass is 384 g/mol. The van der Waals surface area contributed by atoms with E-state index in [1.54, 1.807) is 34.1 Å². The Morgan fingerprint density at radius 2 is 1.85 bits per heavy atom. The molecular weight excluding hydrogens is 369 g/mol. The van der Waals surface area contributed by atoms with Crippen molar-refractivity contribution in [3.63, 3.8) is 0 Å². The Balaban J connectivity index is 1.64. The standard InChI is InChI=1S/C17H16ClF3N4O/c18-12-3-1-4-13(11-12)23-16(26)25-9-7-24(8-10-25)15-14(17(19,20)21)5-2-6-22-15/h1-6,11H,7-10H2,(H,23,26). The molecular formula is C17H16ClF3N4O. The van der Waals surface area contributed by atoms with Crippen molar-refractivity contribution < 1.29 is 18.0 Å². The van der Waals surface area contributed by atoms with Crippen LogP contribution in [0.25, 0.3) is 0 Å². The van der Waals surface area contributed by atoms with Crippen molar-refractivity contribution in [3.8, 4) is 0 Å². The van der Waals surface area contributed by atoms with Crippen molar-refractivity contribution in [1.82, 2.24) is 9.88 Å². The van der Waals surface area contributed by atoms with E-state index in [9.17, 15) is 18.0 Å². The predicted molar refractivity (Wildman–Crippen MR) is 93.5 cm³/mol. The Labute approximate surface area is 153 Å². The van der Waals surface area contributed by atoms with E-state index in [1.807, 2.05) is 0 Å². The lowest BCUT2D eigenvalue weighted by molar-refractivity contribution is -0.137. The van der Waals surface area contributed by atoms with Gasteiger partial charge in [-0.25, -0.2) is 9.78 Å². The zero-order chi connectivity index (χ0) is 18.7. The summed E-state index contributed by atoms with van der Waals surface area (Å²) in [6, 6.07) is 8.71. The van der Waals surface area contributed by atoms with Crippen LogP contribution in [0.3, 0.4) is 0 Å². The lowest BCUT2D eigenvalue weighted by Gasteiger charge is -2.36. The van der Waals surface area contributed by atoms with E-state index in [-0.39, 0.29) is 24.9 Å². The maximum Gasteiger partial charge on any atom is 0.419 e. The summed E-state index contributed by atoms with van der Waals surface area (Å²) in [7, 11) is 0.